The summed E-state index contributed by atoms with van der Waals surface area (Å²) in [5.74, 6) is -2.76. The fourth-order valence-electron chi connectivity index (χ4n) is 0.719. The Labute approximate surface area is 131 Å². The third kappa shape index (κ3) is 15.9. The zero-order chi connectivity index (χ0) is 11.9. The average molecular weight is 339 g/mol. The molecule has 1 aliphatic carbocycles. The molecule has 0 atom stereocenters. The van der Waals surface area contributed by atoms with Gasteiger partial charge in [-0.25, -0.2) is 0 Å². The van der Waals surface area contributed by atoms with Gasteiger partial charge in [0.2, 0.25) is 5.78 Å². The van der Waals surface area contributed by atoms with Crippen LogP contribution in [0.15, 0.2) is 24.3 Å². The van der Waals surface area contributed by atoms with Crippen LogP contribution in [0.2, 0.25) is 0 Å². The summed E-state index contributed by atoms with van der Waals surface area (Å²) in [6.45, 7) is 0.934. The summed E-state index contributed by atoms with van der Waals surface area (Å²) in [5, 5.41) is 0. The molecule has 1 aliphatic rings. The number of carbonyl (C=O) groups is 2. The van der Waals surface area contributed by atoms with E-state index in [-0.39, 0.29) is 46.5 Å². The first-order valence-corrected chi connectivity index (χ1v) is 4.25. The molecule has 8 heteroatoms. The molecule has 0 radical (unpaired) electrons. The van der Waals surface area contributed by atoms with E-state index in [0.717, 1.165) is 13.3 Å². The molecule has 0 unspecified atom stereocenters. The molecule has 2 nitrogen and oxygen atoms in total. The molecule has 1 rings (SSSR count). The number of hydrogen-bond donors (Lipinski definition) is 0. The first-order valence-electron chi connectivity index (χ1n) is 4.25. The van der Waals surface area contributed by atoms with Gasteiger partial charge in [-0.2, -0.15) is 13.2 Å². The first kappa shape index (κ1) is 26.5. The van der Waals surface area contributed by atoms with Gasteiger partial charge >= 0.3 is 27.9 Å². The second-order valence-electron chi connectivity index (χ2n) is 2.89. The number of allylic oxidation sites excluding steroid dienone is 4. The minimum Gasteiger partial charge on any atom is -1.00 e. The minimum atomic E-state index is -4.87. The van der Waals surface area contributed by atoms with Gasteiger partial charge in [-0.05, 0) is 13.3 Å². The monoisotopic (exact) mass is 338 g/mol. The Morgan fingerprint density at radius 3 is 1.61 bits per heavy atom. The number of carbonyl (C=O) groups excluding carboxylic acids is 2. The molecule has 0 spiro atoms. The second kappa shape index (κ2) is 13.3. The van der Waals surface area contributed by atoms with E-state index in [2.05, 4.69) is 24.3 Å². The van der Waals surface area contributed by atoms with Crippen LogP contribution in [0.25, 0.3) is 0 Å². The number of hydrogen-bond acceptors (Lipinski definition) is 2. The van der Waals surface area contributed by atoms with Gasteiger partial charge in [-0.1, -0.05) is 24.3 Å². The van der Waals surface area contributed by atoms with E-state index < -0.39 is 24.2 Å². The average Bonchev–Trinajstić information content (AvgIpc) is 2.57. The van der Waals surface area contributed by atoms with E-state index in [0.29, 0.717) is 0 Å². The zero-order valence-corrected chi connectivity index (χ0v) is 12.5. The Morgan fingerprint density at radius 1 is 1.11 bits per heavy atom. The maximum atomic E-state index is 11.3. The van der Waals surface area contributed by atoms with Crippen molar-refractivity contribution < 1.29 is 69.3 Å². The molecule has 0 aromatic carbocycles. The molecule has 0 heterocycles. The normalized spacial score (nSPS) is 11.1. The smallest absolute Gasteiger partial charge is 1.00 e. The molecule has 0 aliphatic heterocycles. The molecule has 0 saturated heterocycles. The van der Waals surface area contributed by atoms with Crippen molar-refractivity contribution >= 4 is 11.6 Å². The van der Waals surface area contributed by atoms with E-state index in [9.17, 15) is 22.8 Å². The van der Waals surface area contributed by atoms with Gasteiger partial charge in [0.05, 0.1) is 6.42 Å². The Morgan fingerprint density at radius 2 is 1.50 bits per heavy atom. The zero-order valence-electron chi connectivity index (χ0n) is 9.43. The van der Waals surface area contributed by atoms with Crippen LogP contribution >= 0.6 is 0 Å². The molecule has 0 aromatic rings. The topological polar surface area (TPSA) is 34.1 Å². The van der Waals surface area contributed by atoms with Crippen molar-refractivity contribution in [2.45, 2.75) is 25.9 Å². The van der Waals surface area contributed by atoms with Gasteiger partial charge in [0, 0.05) is 0 Å². The van der Waals surface area contributed by atoms with Gasteiger partial charge < -0.3 is 24.8 Å². The Bertz CT molecular complexity index is 292. The summed E-state index contributed by atoms with van der Waals surface area (Å²) in [5.41, 5.74) is 0. The predicted molar refractivity (Wildman–Crippen MR) is 49.3 cm³/mol. The van der Waals surface area contributed by atoms with Crippen LogP contribution in [0.4, 0.5) is 13.2 Å². The SMILES string of the molecule is C1=CCC=C1.CC(=O)CC(=O)C(F)(F)F.[Cl-].[Cl-].[Ti+2]. The van der Waals surface area contributed by atoms with Gasteiger partial charge in [-0.15, -0.1) is 0 Å². The summed E-state index contributed by atoms with van der Waals surface area (Å²) in [7, 11) is 0. The fourth-order valence-corrected chi connectivity index (χ4v) is 0.719. The summed E-state index contributed by atoms with van der Waals surface area (Å²) in [6.07, 6.45) is 3.58. The minimum absolute atomic E-state index is 0. The van der Waals surface area contributed by atoms with Gasteiger partial charge in [0.25, 0.3) is 0 Å². The Kier molecular flexibility index (Phi) is 19.6. The molecular formula is C10H11Cl2F3O2Ti. The summed E-state index contributed by atoms with van der Waals surface area (Å²) in [4.78, 5) is 19.9. The van der Waals surface area contributed by atoms with Crippen LogP contribution in [0.5, 0.6) is 0 Å². The third-order valence-electron chi connectivity index (χ3n) is 1.38. The van der Waals surface area contributed by atoms with Crippen LogP contribution in [0.1, 0.15) is 19.8 Å². The molecular weight excluding hydrogens is 328 g/mol. The maximum absolute atomic E-state index is 11.3. The number of halogens is 5. The van der Waals surface area contributed by atoms with Crippen LogP contribution < -0.4 is 24.8 Å². The van der Waals surface area contributed by atoms with E-state index in [1.807, 2.05) is 0 Å². The quantitative estimate of drug-likeness (QED) is 0.389. The van der Waals surface area contributed by atoms with Crippen molar-refractivity contribution in [3.63, 3.8) is 0 Å². The fraction of sp³-hybridized carbons (Fsp3) is 0.400. The Balaban J connectivity index is -0.000000106. The largest absolute Gasteiger partial charge is 2.00 e. The molecule has 0 amide bonds. The molecule has 102 valence electrons. The van der Waals surface area contributed by atoms with Crippen molar-refractivity contribution in [2.75, 3.05) is 0 Å². The van der Waals surface area contributed by atoms with E-state index in [1.54, 1.807) is 0 Å². The molecule has 0 bridgehead atoms. The predicted octanol–water partition coefficient (Wildman–Crippen LogP) is -3.40. The first-order chi connectivity index (χ1) is 6.84. The number of alkyl halides is 3. The summed E-state index contributed by atoms with van der Waals surface area (Å²) in [6, 6.07) is 0. The van der Waals surface area contributed by atoms with Crippen LogP contribution in [-0.2, 0) is 31.3 Å². The van der Waals surface area contributed by atoms with Crippen molar-refractivity contribution in [1.82, 2.24) is 0 Å². The van der Waals surface area contributed by atoms with Crippen LogP contribution in [-0.4, -0.2) is 17.7 Å². The molecule has 18 heavy (non-hydrogen) atoms. The van der Waals surface area contributed by atoms with E-state index in [4.69, 9.17) is 0 Å². The van der Waals surface area contributed by atoms with E-state index in [1.165, 1.54) is 0 Å². The summed E-state index contributed by atoms with van der Waals surface area (Å²) >= 11 is 0. The number of Topliss-reactive ketones (excluding diaryl/α,β-unsaturated/α-hetero) is 2. The van der Waals surface area contributed by atoms with Crippen LogP contribution in [0.3, 0.4) is 0 Å². The molecule has 0 fully saturated rings. The van der Waals surface area contributed by atoms with Gasteiger partial charge in [0.1, 0.15) is 5.78 Å². The standard InChI is InChI=1S/C5H5F3O2.C5H6.2ClH.Ti/c1-3(9)2-4(10)5(6,7)8;1-2-4-5-3-1;;;/h2H2,1H3;1-4H,5H2;2*1H;/q;;;;+2/p-2. The van der Waals surface area contributed by atoms with Crippen molar-refractivity contribution in [3.05, 3.63) is 24.3 Å². The van der Waals surface area contributed by atoms with Gasteiger partial charge in [0.15, 0.2) is 0 Å². The van der Waals surface area contributed by atoms with Crippen LogP contribution in [0, 0.1) is 0 Å². The maximum Gasteiger partial charge on any atom is 2.00 e. The molecule has 0 N–H and O–H groups in total. The summed E-state index contributed by atoms with van der Waals surface area (Å²) < 4.78 is 33.9. The molecule has 0 saturated carbocycles. The molecule has 0 aromatic heterocycles. The van der Waals surface area contributed by atoms with Crippen molar-refractivity contribution in [1.29, 1.82) is 0 Å². The number of rotatable bonds is 2. The third-order valence-corrected chi connectivity index (χ3v) is 1.38. The van der Waals surface area contributed by atoms with Crippen molar-refractivity contribution in [2.24, 2.45) is 0 Å². The number of ketones is 2. The van der Waals surface area contributed by atoms with Gasteiger partial charge in [-0.3, -0.25) is 9.59 Å². The van der Waals surface area contributed by atoms with E-state index >= 15 is 0 Å². The van der Waals surface area contributed by atoms with Crippen molar-refractivity contribution in [3.8, 4) is 0 Å². The Hall–Kier alpha value is -0.0957. The second-order valence-corrected chi connectivity index (χ2v) is 2.89.